The lowest BCUT2D eigenvalue weighted by Crippen LogP contribution is -2.32. The highest BCUT2D eigenvalue weighted by Gasteiger charge is 2.27. The van der Waals surface area contributed by atoms with Crippen molar-refractivity contribution in [1.29, 1.82) is 0 Å². The van der Waals surface area contributed by atoms with Crippen LogP contribution < -0.4 is 11.4 Å². The Morgan fingerprint density at radius 3 is 2.31 bits per heavy atom. The molecule has 0 bridgehead atoms. The summed E-state index contributed by atoms with van der Waals surface area (Å²) in [4.78, 5) is 39.5. The van der Waals surface area contributed by atoms with Gasteiger partial charge in [0.05, 0.1) is 11.7 Å². The number of likely N-dealkylation sites (N-methyl/N-ethyl adjacent to an activating group) is 1. The first-order chi connectivity index (χ1) is 14.8. The van der Waals surface area contributed by atoms with Crippen molar-refractivity contribution < 1.29 is 9.90 Å². The second-order valence-corrected chi connectivity index (χ2v) is 9.13. The van der Waals surface area contributed by atoms with E-state index in [-0.39, 0.29) is 36.2 Å². The number of rotatable bonds is 5. The van der Waals surface area contributed by atoms with Gasteiger partial charge in [-0.1, -0.05) is 6.07 Å². The van der Waals surface area contributed by atoms with Crippen molar-refractivity contribution in [3.05, 3.63) is 50.3 Å². The normalized spacial score (nSPS) is 21.4. The highest BCUT2D eigenvalue weighted by atomic mass is 35.5. The summed E-state index contributed by atoms with van der Waals surface area (Å²) < 4.78 is 4.35. The molecular formula is C23H33ClN4O4. The van der Waals surface area contributed by atoms with Crippen LogP contribution in [0.5, 0.6) is 0 Å². The summed E-state index contributed by atoms with van der Waals surface area (Å²) >= 11 is 0. The van der Waals surface area contributed by atoms with Crippen LogP contribution in [-0.2, 0) is 24.7 Å². The Kier molecular flexibility index (Phi) is 7.67. The molecule has 8 nitrogen and oxygen atoms in total. The molecule has 0 unspecified atom stereocenters. The van der Waals surface area contributed by atoms with Crippen LogP contribution in [0, 0.1) is 5.92 Å². The molecule has 0 amide bonds. The molecule has 1 aromatic heterocycles. The third-order valence-electron chi connectivity index (χ3n) is 7.08. The molecule has 1 saturated carbocycles. The molecular weight excluding hydrogens is 432 g/mol. The fraction of sp³-hybridized carbons (Fsp3) is 0.609. The second-order valence-electron chi connectivity index (χ2n) is 9.13. The van der Waals surface area contributed by atoms with Crippen LogP contribution in [0.1, 0.15) is 55.7 Å². The summed E-state index contributed by atoms with van der Waals surface area (Å²) in [5, 5.41) is 8.90. The van der Waals surface area contributed by atoms with Crippen LogP contribution >= 0.6 is 12.4 Å². The predicted octanol–water partition coefficient (Wildman–Crippen LogP) is 2.39. The van der Waals surface area contributed by atoms with E-state index in [0.29, 0.717) is 18.0 Å². The number of halogens is 1. The maximum Gasteiger partial charge on any atom is 0.352 e. The van der Waals surface area contributed by atoms with Gasteiger partial charge < -0.3 is 10.0 Å². The minimum atomic E-state index is -0.759. The van der Waals surface area contributed by atoms with Crippen LogP contribution in [0.4, 0.5) is 0 Å². The average molecular weight is 465 g/mol. The van der Waals surface area contributed by atoms with Crippen molar-refractivity contribution in [2.24, 2.45) is 13.0 Å². The third kappa shape index (κ3) is 4.86. The van der Waals surface area contributed by atoms with E-state index < -0.39 is 5.97 Å². The minimum Gasteiger partial charge on any atom is -0.481 e. The molecule has 0 atom stereocenters. The van der Waals surface area contributed by atoms with Crippen LogP contribution in [0.15, 0.2) is 27.8 Å². The lowest BCUT2D eigenvalue weighted by atomic mass is 9.83. The quantitative estimate of drug-likeness (QED) is 0.733. The zero-order valence-electron chi connectivity index (χ0n) is 18.8. The van der Waals surface area contributed by atoms with Crippen LogP contribution in [-0.4, -0.2) is 50.0 Å². The van der Waals surface area contributed by atoms with E-state index in [9.17, 15) is 14.4 Å². The van der Waals surface area contributed by atoms with Crippen molar-refractivity contribution in [2.45, 2.75) is 57.4 Å². The lowest BCUT2D eigenvalue weighted by Gasteiger charge is -2.29. The molecule has 9 heteroatoms. The SMILES string of the molecule is CN1CCc2ccc(-n3c(=O)n(C)n(C4CCC(CCC(=O)O)CC4)c3=O)cc2CC1.Cl. The van der Waals surface area contributed by atoms with E-state index >= 15 is 0 Å². The molecule has 4 rings (SSSR count). The molecule has 1 N–H and O–H groups in total. The number of hydrogen-bond donors (Lipinski definition) is 1. The van der Waals surface area contributed by atoms with Crippen LogP contribution in [0.2, 0.25) is 0 Å². The molecule has 1 fully saturated rings. The van der Waals surface area contributed by atoms with Gasteiger partial charge in [0, 0.05) is 26.6 Å². The van der Waals surface area contributed by atoms with Gasteiger partial charge >= 0.3 is 17.3 Å². The molecule has 2 heterocycles. The maximum absolute atomic E-state index is 13.3. The largest absolute Gasteiger partial charge is 0.481 e. The Labute approximate surface area is 193 Å². The Morgan fingerprint density at radius 1 is 1.00 bits per heavy atom. The predicted molar refractivity (Wildman–Crippen MR) is 125 cm³/mol. The summed E-state index contributed by atoms with van der Waals surface area (Å²) in [5.41, 5.74) is 2.54. The molecule has 1 aromatic carbocycles. The Morgan fingerprint density at radius 2 is 1.66 bits per heavy atom. The summed E-state index contributed by atoms with van der Waals surface area (Å²) in [5.74, 6) is -0.380. The van der Waals surface area contributed by atoms with Crippen LogP contribution in [0.3, 0.4) is 0 Å². The molecule has 2 aromatic rings. The Balaban J connectivity index is 0.00000289. The number of hydrogen-bond acceptors (Lipinski definition) is 4. The summed E-state index contributed by atoms with van der Waals surface area (Å²) in [6.07, 6.45) is 6.11. The standard InChI is InChI=1S/C23H32N4O4.ClH/c1-24-13-11-17-6-9-20(15-18(17)12-14-24)26-22(30)25(2)27(23(26)31)19-7-3-16(4-8-19)5-10-21(28)29;/h6,9,15-16,19H,3-5,7-8,10-14H2,1-2H3,(H,28,29);1H. The number of benzene rings is 1. The number of fused-ring (bicyclic) bond motifs is 1. The average Bonchev–Trinajstić information content (AvgIpc) is 2.88. The van der Waals surface area contributed by atoms with Crippen molar-refractivity contribution >= 4 is 18.4 Å². The summed E-state index contributed by atoms with van der Waals surface area (Å²) in [7, 11) is 3.78. The second kappa shape index (κ2) is 10.1. The molecule has 0 saturated heterocycles. The fourth-order valence-electron chi connectivity index (χ4n) is 5.14. The van der Waals surface area contributed by atoms with Crippen molar-refractivity contribution in [1.82, 2.24) is 18.8 Å². The highest BCUT2D eigenvalue weighted by molar-refractivity contribution is 5.85. The van der Waals surface area contributed by atoms with E-state index in [2.05, 4.69) is 18.0 Å². The van der Waals surface area contributed by atoms with E-state index in [1.54, 1.807) is 11.7 Å². The number of carboxylic acid groups (broad SMARTS) is 1. The van der Waals surface area contributed by atoms with Crippen molar-refractivity contribution in [3.63, 3.8) is 0 Å². The molecule has 176 valence electrons. The molecule has 1 aliphatic carbocycles. The van der Waals surface area contributed by atoms with Crippen LogP contribution in [0.25, 0.3) is 5.69 Å². The Hall–Kier alpha value is -2.32. The van der Waals surface area contributed by atoms with E-state index in [4.69, 9.17) is 5.11 Å². The number of aliphatic carboxylic acids is 1. The van der Waals surface area contributed by atoms with Gasteiger partial charge in [0.1, 0.15) is 0 Å². The summed E-state index contributed by atoms with van der Waals surface area (Å²) in [6.45, 7) is 1.98. The first kappa shape index (κ1) is 24.3. The van der Waals surface area contributed by atoms with Gasteiger partial charge in [0.25, 0.3) is 0 Å². The number of carboxylic acids is 1. The van der Waals surface area contributed by atoms with Crippen molar-refractivity contribution in [3.8, 4) is 5.69 Å². The first-order valence-corrected chi connectivity index (χ1v) is 11.3. The lowest BCUT2D eigenvalue weighted by molar-refractivity contribution is -0.137. The van der Waals surface area contributed by atoms with Gasteiger partial charge in [0.15, 0.2) is 0 Å². The number of nitrogens with zero attached hydrogens (tertiary/aromatic N) is 4. The molecule has 2 aliphatic rings. The topological polar surface area (TPSA) is 89.5 Å². The maximum atomic E-state index is 13.3. The first-order valence-electron chi connectivity index (χ1n) is 11.3. The molecule has 32 heavy (non-hydrogen) atoms. The fourth-order valence-corrected chi connectivity index (χ4v) is 5.14. The van der Waals surface area contributed by atoms with Gasteiger partial charge in [-0.05, 0) is 81.2 Å². The van der Waals surface area contributed by atoms with E-state index in [0.717, 1.165) is 51.6 Å². The van der Waals surface area contributed by atoms with E-state index in [1.165, 1.54) is 20.4 Å². The van der Waals surface area contributed by atoms with Gasteiger partial charge in [-0.2, -0.15) is 0 Å². The van der Waals surface area contributed by atoms with Crippen molar-refractivity contribution in [2.75, 3.05) is 20.1 Å². The van der Waals surface area contributed by atoms with Gasteiger partial charge in [0.2, 0.25) is 0 Å². The molecule has 0 spiro atoms. The zero-order valence-corrected chi connectivity index (χ0v) is 19.6. The smallest absolute Gasteiger partial charge is 0.352 e. The number of carbonyl (C=O) groups is 1. The molecule has 0 radical (unpaired) electrons. The third-order valence-corrected chi connectivity index (χ3v) is 7.08. The highest BCUT2D eigenvalue weighted by Crippen LogP contribution is 2.33. The minimum absolute atomic E-state index is 0. The van der Waals surface area contributed by atoms with Gasteiger partial charge in [-0.15, -0.1) is 12.4 Å². The van der Waals surface area contributed by atoms with Gasteiger partial charge in [-0.25, -0.2) is 23.5 Å². The Bertz CT molecular complexity index is 1080. The molecule has 1 aliphatic heterocycles. The summed E-state index contributed by atoms with van der Waals surface area (Å²) in [6, 6.07) is 5.92. The van der Waals surface area contributed by atoms with E-state index in [1.807, 2.05) is 12.1 Å². The zero-order chi connectivity index (χ0) is 22.1. The number of aromatic nitrogens is 3. The monoisotopic (exact) mass is 464 g/mol. The van der Waals surface area contributed by atoms with Gasteiger partial charge in [-0.3, -0.25) is 4.79 Å².